The summed E-state index contributed by atoms with van der Waals surface area (Å²) >= 11 is 3.72. The Morgan fingerprint density at radius 2 is 0.390 bits per heavy atom. The fourth-order valence-electron chi connectivity index (χ4n) is 18.3. The molecule has 0 bridgehead atoms. The molecular formula is C110H72N4O2S2. The first-order chi connectivity index (χ1) is 58.3. The Hall–Kier alpha value is -14.8. The molecule has 24 aromatic rings. The monoisotopic (exact) mass is 1540 g/mol. The number of furan rings is 2. The molecule has 0 N–H and O–H groups in total. The first-order valence-electron chi connectivity index (χ1n) is 40.2. The summed E-state index contributed by atoms with van der Waals surface area (Å²) in [5.41, 5.74) is 19.3. The molecule has 0 saturated heterocycles. The van der Waals surface area contributed by atoms with E-state index in [-0.39, 0.29) is 0 Å². The van der Waals surface area contributed by atoms with E-state index >= 15 is 0 Å². The zero-order valence-electron chi connectivity index (χ0n) is 64.5. The van der Waals surface area contributed by atoms with Crippen LogP contribution >= 0.6 is 22.7 Å². The standard InChI is InChI=1S/C56H38N2O2.C54H34N2S2/c1-35-21-25-53-47(29-35)49-31-39(23-27-55(49)59-53)57(37-13-5-3-6-14-37)51-33-45-42-18-10-12-20-44(42)52(34-46(45)41-17-9-11-19-43(41)51)58(38-15-7-4-8-16-38)40-24-28-56-50(32-40)48-30-36(2)22-26-54(48)60-56;1-3-15-35(16-4-1)55(37-27-29-53-47(31-37)43-23-11-13-25-51(43)57-53)49-33-45-40-20-8-10-22-42(40)50(34-46(45)39-19-7-9-21-41(39)49)56(36-17-5-2-6-18-36)38-28-30-54-48(32-38)44-24-12-14-26-52(44)58-54/h3-34H,1-2H3;1-34H. The van der Waals surface area contributed by atoms with Crippen LogP contribution in [0.1, 0.15) is 11.1 Å². The molecule has 4 aromatic heterocycles. The number of thiophene rings is 2. The molecule has 20 aromatic carbocycles. The van der Waals surface area contributed by atoms with Crippen LogP contribution in [-0.2, 0) is 0 Å². The van der Waals surface area contributed by atoms with Gasteiger partial charge in [-0.2, -0.15) is 0 Å². The van der Waals surface area contributed by atoms with Crippen LogP contribution in [0.3, 0.4) is 0 Å². The van der Waals surface area contributed by atoms with Gasteiger partial charge < -0.3 is 28.4 Å². The molecule has 6 nitrogen and oxygen atoms in total. The van der Waals surface area contributed by atoms with Crippen LogP contribution in [0.5, 0.6) is 0 Å². The van der Waals surface area contributed by atoms with Crippen molar-refractivity contribution in [3.05, 3.63) is 412 Å². The van der Waals surface area contributed by atoms with Crippen LogP contribution in [0.25, 0.3) is 149 Å². The van der Waals surface area contributed by atoms with Crippen molar-refractivity contribution >= 4 is 240 Å². The number of aryl methyl sites for hydroxylation is 2. The first-order valence-corrected chi connectivity index (χ1v) is 41.8. The van der Waals surface area contributed by atoms with Crippen LogP contribution in [0.2, 0.25) is 0 Å². The van der Waals surface area contributed by atoms with E-state index in [9.17, 15) is 0 Å². The van der Waals surface area contributed by atoms with Crippen LogP contribution in [0, 0.1) is 13.8 Å². The van der Waals surface area contributed by atoms with Crippen LogP contribution < -0.4 is 19.6 Å². The maximum Gasteiger partial charge on any atom is 0.135 e. The zero-order valence-corrected chi connectivity index (χ0v) is 66.2. The van der Waals surface area contributed by atoms with E-state index in [1.54, 1.807) is 0 Å². The van der Waals surface area contributed by atoms with Crippen molar-refractivity contribution in [3.8, 4) is 0 Å². The second kappa shape index (κ2) is 28.0. The fraction of sp³-hybridized carbons (Fsp3) is 0.0182. The predicted molar refractivity (Wildman–Crippen MR) is 506 cm³/mol. The summed E-state index contributed by atoms with van der Waals surface area (Å²) in [6.07, 6.45) is 0. The number of hydrogen-bond donors (Lipinski definition) is 0. The Kier molecular flexibility index (Phi) is 16.3. The van der Waals surface area contributed by atoms with Gasteiger partial charge in [-0.15, -0.1) is 22.7 Å². The quantitative estimate of drug-likeness (QED) is 0.114. The van der Waals surface area contributed by atoms with Gasteiger partial charge in [-0.25, -0.2) is 0 Å². The van der Waals surface area contributed by atoms with Crippen molar-refractivity contribution < 1.29 is 8.83 Å². The van der Waals surface area contributed by atoms with Crippen molar-refractivity contribution in [2.45, 2.75) is 13.8 Å². The summed E-state index contributed by atoms with van der Waals surface area (Å²) in [5, 5.41) is 24.0. The van der Waals surface area contributed by atoms with Gasteiger partial charge in [-0.1, -0.05) is 230 Å². The average Bonchev–Trinajstić information content (AvgIpc) is 1.48. The van der Waals surface area contributed by atoms with Gasteiger partial charge in [-0.05, 0) is 239 Å². The summed E-state index contributed by atoms with van der Waals surface area (Å²) in [4.78, 5) is 9.71. The minimum atomic E-state index is 0.882. The van der Waals surface area contributed by atoms with E-state index in [0.29, 0.717) is 0 Å². The lowest BCUT2D eigenvalue weighted by Gasteiger charge is -2.30. The van der Waals surface area contributed by atoms with Crippen LogP contribution in [-0.4, -0.2) is 0 Å². The molecule has 24 rings (SSSR count). The Morgan fingerprint density at radius 3 is 0.695 bits per heavy atom. The van der Waals surface area contributed by atoms with Crippen LogP contribution in [0.15, 0.2) is 409 Å². The molecule has 556 valence electrons. The van der Waals surface area contributed by atoms with Gasteiger partial charge in [0.1, 0.15) is 22.3 Å². The normalized spacial score (nSPS) is 11.8. The SMILES string of the molecule is Cc1ccc2oc3ccc(N(c4ccccc4)c4cc5c6ccccc6c(N(c6ccccc6)c6ccc7oc8ccc(C)cc8c7c6)cc5c5ccccc45)cc3c2c1.c1ccc(N(c2ccc3sc4ccccc4c3c2)c2cc3c4ccccc4c(N(c4ccccc4)c4ccc5sc6ccccc6c5c4)cc3c3ccccc23)cc1. The summed E-state index contributed by atoms with van der Waals surface area (Å²) in [7, 11) is 0. The van der Waals surface area contributed by atoms with Gasteiger partial charge in [-0.3, -0.25) is 0 Å². The molecule has 0 atom stereocenters. The van der Waals surface area contributed by atoms with E-state index in [2.05, 4.69) is 434 Å². The van der Waals surface area contributed by atoms with E-state index in [4.69, 9.17) is 8.83 Å². The molecule has 4 heterocycles. The Morgan fingerprint density at radius 1 is 0.161 bits per heavy atom. The molecule has 0 fully saturated rings. The first kappa shape index (κ1) is 68.8. The Bertz CT molecular complexity index is 7650. The summed E-state index contributed by atoms with van der Waals surface area (Å²) in [6, 6.07) is 146. The molecule has 118 heavy (non-hydrogen) atoms. The number of fused-ring (bicyclic) bond motifs is 22. The summed E-state index contributed by atoms with van der Waals surface area (Å²) in [5.74, 6) is 0. The number of nitrogens with zero attached hydrogens (tertiary/aromatic N) is 4. The Balaban J connectivity index is 0.000000138. The van der Waals surface area contributed by atoms with Crippen molar-refractivity contribution in [1.82, 2.24) is 0 Å². The smallest absolute Gasteiger partial charge is 0.135 e. The third-order valence-electron chi connectivity index (χ3n) is 23.7. The number of benzene rings is 20. The summed E-state index contributed by atoms with van der Waals surface area (Å²) < 4.78 is 17.9. The fourth-order valence-corrected chi connectivity index (χ4v) is 20.5. The molecule has 0 aliphatic carbocycles. The number of rotatable bonds is 12. The minimum Gasteiger partial charge on any atom is -0.456 e. The van der Waals surface area contributed by atoms with Gasteiger partial charge in [0, 0.05) is 129 Å². The van der Waals surface area contributed by atoms with Crippen LogP contribution in [0.4, 0.5) is 68.2 Å². The van der Waals surface area contributed by atoms with Crippen molar-refractivity contribution in [2.24, 2.45) is 0 Å². The molecule has 8 heteroatoms. The van der Waals surface area contributed by atoms with E-state index in [1.807, 2.05) is 22.7 Å². The van der Waals surface area contributed by atoms with Gasteiger partial charge in [0.15, 0.2) is 0 Å². The topological polar surface area (TPSA) is 39.2 Å². The maximum absolute atomic E-state index is 6.34. The average molecular weight is 1550 g/mol. The highest BCUT2D eigenvalue weighted by atomic mass is 32.1. The van der Waals surface area contributed by atoms with Crippen molar-refractivity contribution in [1.29, 1.82) is 0 Å². The third-order valence-corrected chi connectivity index (χ3v) is 26.0. The lowest BCUT2D eigenvalue weighted by molar-refractivity contribution is 0.668. The molecule has 0 unspecified atom stereocenters. The molecule has 0 spiro atoms. The number of para-hydroxylation sites is 4. The zero-order chi connectivity index (χ0) is 78.1. The van der Waals surface area contributed by atoms with Gasteiger partial charge >= 0.3 is 0 Å². The van der Waals surface area contributed by atoms with Crippen molar-refractivity contribution in [2.75, 3.05) is 19.6 Å². The van der Waals surface area contributed by atoms with E-state index < -0.39 is 0 Å². The lowest BCUT2D eigenvalue weighted by atomic mass is 9.93. The van der Waals surface area contributed by atoms with Gasteiger partial charge in [0.25, 0.3) is 0 Å². The lowest BCUT2D eigenvalue weighted by Crippen LogP contribution is -2.11. The Labute approximate surface area is 688 Å². The highest BCUT2D eigenvalue weighted by Gasteiger charge is 2.27. The molecule has 0 amide bonds. The number of anilines is 12. The maximum atomic E-state index is 6.34. The number of hydrogen-bond acceptors (Lipinski definition) is 8. The van der Waals surface area contributed by atoms with Gasteiger partial charge in [0.05, 0.1) is 22.7 Å². The van der Waals surface area contributed by atoms with E-state index in [1.165, 1.54) is 105 Å². The molecule has 0 radical (unpaired) electrons. The van der Waals surface area contributed by atoms with E-state index in [0.717, 1.165) is 123 Å². The molecule has 0 aliphatic heterocycles. The van der Waals surface area contributed by atoms with Gasteiger partial charge in [0.2, 0.25) is 0 Å². The second-order valence-electron chi connectivity index (χ2n) is 30.8. The third kappa shape index (κ3) is 11.5. The highest BCUT2D eigenvalue weighted by Crippen LogP contribution is 2.53. The second-order valence-corrected chi connectivity index (χ2v) is 32.9. The summed E-state index contributed by atoms with van der Waals surface area (Å²) in [6.45, 7) is 4.27. The largest absolute Gasteiger partial charge is 0.456 e. The highest BCUT2D eigenvalue weighted by molar-refractivity contribution is 7.26. The molecular weight excluding hydrogens is 1470 g/mol. The van der Waals surface area contributed by atoms with Crippen molar-refractivity contribution in [3.63, 3.8) is 0 Å². The molecule has 0 saturated carbocycles. The predicted octanol–water partition coefficient (Wildman–Crippen LogP) is 33.3. The molecule has 0 aliphatic rings. The minimum absolute atomic E-state index is 0.882.